The van der Waals surface area contributed by atoms with Crippen LogP contribution >= 0.6 is 0 Å². The van der Waals surface area contributed by atoms with Gasteiger partial charge < -0.3 is 15.2 Å². The standard InChI is InChI=1S/C11H19NO4/c1-3-7(2)6-12-10(13)8-4-5-9(16-8)11(14)15/h7-9H,3-6H2,1-2H3,(H,12,13)(H,14,15). The van der Waals surface area contributed by atoms with Crippen molar-refractivity contribution in [2.75, 3.05) is 6.54 Å². The molecular weight excluding hydrogens is 210 g/mol. The normalized spacial score (nSPS) is 26.4. The molecule has 1 amide bonds. The summed E-state index contributed by atoms with van der Waals surface area (Å²) < 4.78 is 5.14. The number of carboxylic acids is 1. The number of nitrogens with one attached hydrogen (secondary N) is 1. The highest BCUT2D eigenvalue weighted by Crippen LogP contribution is 2.19. The minimum atomic E-state index is -0.989. The van der Waals surface area contributed by atoms with E-state index in [4.69, 9.17) is 9.84 Å². The van der Waals surface area contributed by atoms with Gasteiger partial charge in [0.15, 0.2) is 6.10 Å². The minimum Gasteiger partial charge on any atom is -0.479 e. The first-order valence-electron chi connectivity index (χ1n) is 5.70. The average molecular weight is 229 g/mol. The van der Waals surface area contributed by atoms with Crippen molar-refractivity contribution in [2.45, 2.75) is 45.3 Å². The van der Waals surface area contributed by atoms with E-state index in [-0.39, 0.29) is 5.91 Å². The van der Waals surface area contributed by atoms with E-state index in [9.17, 15) is 9.59 Å². The van der Waals surface area contributed by atoms with E-state index in [0.29, 0.717) is 25.3 Å². The van der Waals surface area contributed by atoms with E-state index in [2.05, 4.69) is 19.2 Å². The SMILES string of the molecule is CCC(C)CNC(=O)C1CCC(C(=O)O)O1. The largest absolute Gasteiger partial charge is 0.479 e. The molecule has 1 aliphatic rings. The second-order valence-corrected chi connectivity index (χ2v) is 4.29. The van der Waals surface area contributed by atoms with E-state index >= 15 is 0 Å². The van der Waals surface area contributed by atoms with Gasteiger partial charge in [0.05, 0.1) is 0 Å². The van der Waals surface area contributed by atoms with Gasteiger partial charge in [0.2, 0.25) is 5.91 Å². The van der Waals surface area contributed by atoms with Gasteiger partial charge in [-0.15, -0.1) is 0 Å². The molecule has 0 aromatic heterocycles. The van der Waals surface area contributed by atoms with Crippen LogP contribution < -0.4 is 5.32 Å². The molecule has 0 aliphatic carbocycles. The highest BCUT2D eigenvalue weighted by molar-refractivity contribution is 5.82. The lowest BCUT2D eigenvalue weighted by Crippen LogP contribution is -2.37. The summed E-state index contributed by atoms with van der Waals surface area (Å²) in [6.45, 7) is 4.73. The molecule has 1 aliphatic heterocycles. The zero-order valence-electron chi connectivity index (χ0n) is 9.73. The first-order valence-corrected chi connectivity index (χ1v) is 5.70. The number of ether oxygens (including phenoxy) is 1. The highest BCUT2D eigenvalue weighted by atomic mass is 16.5. The van der Waals surface area contributed by atoms with Gasteiger partial charge in [-0.1, -0.05) is 20.3 Å². The fourth-order valence-corrected chi connectivity index (χ4v) is 1.54. The van der Waals surface area contributed by atoms with E-state index in [0.717, 1.165) is 6.42 Å². The number of aliphatic carboxylic acids is 1. The van der Waals surface area contributed by atoms with Crippen molar-refractivity contribution in [3.05, 3.63) is 0 Å². The number of carbonyl (C=O) groups excluding carboxylic acids is 1. The van der Waals surface area contributed by atoms with Gasteiger partial charge in [-0.3, -0.25) is 4.79 Å². The Balaban J connectivity index is 2.31. The Labute approximate surface area is 95.2 Å². The van der Waals surface area contributed by atoms with Crippen molar-refractivity contribution in [2.24, 2.45) is 5.92 Å². The molecule has 1 saturated heterocycles. The molecule has 0 aromatic carbocycles. The third kappa shape index (κ3) is 3.48. The second-order valence-electron chi connectivity index (χ2n) is 4.29. The molecule has 1 heterocycles. The summed E-state index contributed by atoms with van der Waals surface area (Å²) in [7, 11) is 0. The number of hydrogen-bond donors (Lipinski definition) is 2. The van der Waals surface area contributed by atoms with Crippen molar-refractivity contribution >= 4 is 11.9 Å². The van der Waals surface area contributed by atoms with Crippen LogP contribution in [-0.4, -0.2) is 35.7 Å². The Hall–Kier alpha value is -1.10. The molecule has 3 unspecified atom stereocenters. The Morgan fingerprint density at radius 1 is 1.44 bits per heavy atom. The molecule has 92 valence electrons. The Morgan fingerprint density at radius 2 is 2.06 bits per heavy atom. The van der Waals surface area contributed by atoms with E-state index in [1.165, 1.54) is 0 Å². The van der Waals surface area contributed by atoms with Gasteiger partial charge >= 0.3 is 5.97 Å². The molecule has 0 aromatic rings. The third-order valence-corrected chi connectivity index (χ3v) is 2.91. The van der Waals surface area contributed by atoms with Crippen LogP contribution in [0.25, 0.3) is 0 Å². The number of hydrogen-bond acceptors (Lipinski definition) is 3. The lowest BCUT2D eigenvalue weighted by molar-refractivity contribution is -0.151. The monoisotopic (exact) mass is 229 g/mol. The first-order chi connectivity index (χ1) is 7.54. The van der Waals surface area contributed by atoms with Crippen molar-refractivity contribution in [3.63, 3.8) is 0 Å². The van der Waals surface area contributed by atoms with Crippen LogP contribution in [0.3, 0.4) is 0 Å². The number of rotatable bonds is 5. The van der Waals surface area contributed by atoms with Gasteiger partial charge in [0.1, 0.15) is 6.10 Å². The topological polar surface area (TPSA) is 75.6 Å². The first kappa shape index (κ1) is 13.0. The summed E-state index contributed by atoms with van der Waals surface area (Å²) in [5.41, 5.74) is 0. The Morgan fingerprint density at radius 3 is 2.56 bits per heavy atom. The molecule has 3 atom stereocenters. The van der Waals surface area contributed by atoms with Gasteiger partial charge in [0.25, 0.3) is 0 Å². The molecule has 0 radical (unpaired) electrons. The van der Waals surface area contributed by atoms with Crippen LogP contribution in [0, 0.1) is 5.92 Å². The lowest BCUT2D eigenvalue weighted by atomic mass is 10.1. The van der Waals surface area contributed by atoms with E-state index in [1.54, 1.807) is 0 Å². The Kier molecular flexibility index (Phi) is 4.73. The van der Waals surface area contributed by atoms with Gasteiger partial charge in [-0.25, -0.2) is 4.79 Å². The molecular formula is C11H19NO4. The number of amides is 1. The molecule has 5 nitrogen and oxygen atoms in total. The fraction of sp³-hybridized carbons (Fsp3) is 0.818. The molecule has 0 bridgehead atoms. The zero-order valence-corrected chi connectivity index (χ0v) is 9.73. The van der Waals surface area contributed by atoms with E-state index in [1.807, 2.05) is 0 Å². The summed E-state index contributed by atoms with van der Waals surface area (Å²) in [4.78, 5) is 22.2. The van der Waals surface area contributed by atoms with Gasteiger partial charge in [-0.2, -0.15) is 0 Å². The molecule has 0 saturated carbocycles. The van der Waals surface area contributed by atoms with Crippen LogP contribution in [0.5, 0.6) is 0 Å². The van der Waals surface area contributed by atoms with Crippen molar-refractivity contribution in [1.29, 1.82) is 0 Å². The van der Waals surface area contributed by atoms with Crippen LogP contribution in [0.4, 0.5) is 0 Å². The van der Waals surface area contributed by atoms with Crippen molar-refractivity contribution in [3.8, 4) is 0 Å². The molecule has 1 fully saturated rings. The van der Waals surface area contributed by atoms with Crippen molar-refractivity contribution in [1.82, 2.24) is 5.32 Å². The number of carbonyl (C=O) groups is 2. The predicted molar refractivity (Wildman–Crippen MR) is 58.0 cm³/mol. The molecule has 0 spiro atoms. The van der Waals surface area contributed by atoms with Crippen molar-refractivity contribution < 1.29 is 19.4 Å². The number of carboxylic acid groups (broad SMARTS) is 1. The molecule has 1 rings (SSSR count). The maximum atomic E-state index is 11.6. The smallest absolute Gasteiger partial charge is 0.332 e. The average Bonchev–Trinajstić information content (AvgIpc) is 2.74. The molecule has 2 N–H and O–H groups in total. The van der Waals surface area contributed by atoms with E-state index < -0.39 is 18.2 Å². The summed E-state index contributed by atoms with van der Waals surface area (Å²) in [5, 5.41) is 11.5. The van der Waals surface area contributed by atoms with Crippen LogP contribution in [0.2, 0.25) is 0 Å². The molecule has 5 heteroatoms. The lowest BCUT2D eigenvalue weighted by Gasteiger charge is -2.14. The summed E-state index contributed by atoms with van der Waals surface area (Å²) in [6, 6.07) is 0. The quantitative estimate of drug-likeness (QED) is 0.730. The van der Waals surface area contributed by atoms with Crippen LogP contribution in [0.15, 0.2) is 0 Å². The summed E-state index contributed by atoms with van der Waals surface area (Å²) in [6.07, 6.45) is 0.494. The predicted octanol–water partition coefficient (Wildman–Crippen LogP) is 0.781. The van der Waals surface area contributed by atoms with Crippen LogP contribution in [-0.2, 0) is 14.3 Å². The second kappa shape index (κ2) is 5.84. The molecule has 16 heavy (non-hydrogen) atoms. The minimum absolute atomic E-state index is 0.191. The highest BCUT2D eigenvalue weighted by Gasteiger charge is 2.34. The maximum Gasteiger partial charge on any atom is 0.332 e. The van der Waals surface area contributed by atoms with Gasteiger partial charge in [-0.05, 0) is 18.8 Å². The maximum absolute atomic E-state index is 11.6. The Bertz CT molecular complexity index is 267. The fourth-order valence-electron chi connectivity index (χ4n) is 1.54. The summed E-state index contributed by atoms with van der Waals surface area (Å²) >= 11 is 0. The van der Waals surface area contributed by atoms with Gasteiger partial charge in [0, 0.05) is 6.54 Å². The summed E-state index contributed by atoms with van der Waals surface area (Å²) in [5.74, 6) is -0.748. The van der Waals surface area contributed by atoms with Crippen LogP contribution in [0.1, 0.15) is 33.1 Å². The third-order valence-electron chi connectivity index (χ3n) is 2.91. The zero-order chi connectivity index (χ0) is 12.1.